The molecule has 352 valence electrons. The van der Waals surface area contributed by atoms with Gasteiger partial charge in [0.05, 0.1) is 57.9 Å². The van der Waals surface area contributed by atoms with E-state index in [2.05, 4.69) is 87.7 Å². The maximum absolute atomic E-state index is 14.0. The zero-order valence-electron chi connectivity index (χ0n) is 36.6. The van der Waals surface area contributed by atoms with Crippen LogP contribution in [0.2, 0.25) is 0 Å². The van der Waals surface area contributed by atoms with E-state index >= 15 is 0 Å². The molecule has 11 rings (SSSR count). The number of imidazole rings is 2. The summed E-state index contributed by atoms with van der Waals surface area (Å²) in [4.78, 5) is 65.3. The van der Waals surface area contributed by atoms with Crippen molar-refractivity contribution in [2.75, 3.05) is 17.2 Å². The monoisotopic (exact) mass is 1270 g/mol. The third-order valence-corrected chi connectivity index (χ3v) is 11.3. The van der Waals surface area contributed by atoms with Gasteiger partial charge in [-0.25, -0.2) is 48.7 Å². The van der Waals surface area contributed by atoms with Gasteiger partial charge >= 0.3 is 50.5 Å². The Morgan fingerprint density at radius 2 is 1.26 bits per heavy atom. The molecular formula is C47H40F2I3N14O3-. The van der Waals surface area contributed by atoms with Crippen LogP contribution >= 0.6 is 37.2 Å². The maximum atomic E-state index is 14.0. The Kier molecular flexibility index (Phi) is 15.0. The van der Waals surface area contributed by atoms with Crippen molar-refractivity contribution >= 4 is 93.0 Å². The molecular weight excluding hydrogens is 1230 g/mol. The molecule has 1 saturated heterocycles. The molecule has 0 amide bonds. The Balaban J connectivity index is 0.000000165. The van der Waals surface area contributed by atoms with Gasteiger partial charge in [0.25, 0.3) is 11.1 Å². The fraction of sp³-hybridized carbons (Fsp3) is 0.191. The van der Waals surface area contributed by atoms with Crippen LogP contribution in [0.3, 0.4) is 0 Å². The van der Waals surface area contributed by atoms with Gasteiger partial charge in [0.2, 0.25) is 0 Å². The molecule has 17 nitrogen and oxygen atoms in total. The average Bonchev–Trinajstić information content (AvgIpc) is 4.05. The number of benzene rings is 4. The van der Waals surface area contributed by atoms with Crippen LogP contribution in [0.25, 0.3) is 55.5 Å². The van der Waals surface area contributed by atoms with Crippen LogP contribution in [0, 0.1) is 11.6 Å². The standard InChI is InChI=1S/C26H24FN7O2.C21H16FN7O.I3/c1-16(31-23-22-25(29-14-28-23)33(15-30-22)21-9-5-6-12-36-21)24-32-20-11-10-17(27)13-19(20)26(35)34(24)18-7-3-2-4-8-18;1-12(27-19-17-18(24-10-23-17)25-11-26-19)20-28-16-8-7-13(22)9-15(16)21(30)29(20)14-5-3-2-4-6-14;1-3-2/h2-4,7-8,10-11,13-16,21H,5-6,9,12H2,1H3,(H,28,29,31);2-12H,1H3,(H2,23,24,25,26,27);/q;;-1/t16-,21?;12-;/m00./s1. The number of hydrogen-bond donors (Lipinski definition) is 3. The van der Waals surface area contributed by atoms with Crippen LogP contribution in [0.15, 0.2) is 132 Å². The van der Waals surface area contributed by atoms with Crippen LogP contribution in [-0.4, -0.2) is 65.2 Å². The Labute approximate surface area is 421 Å². The minimum atomic E-state index is -0.485. The van der Waals surface area contributed by atoms with E-state index in [0.29, 0.717) is 87.9 Å². The molecule has 1 aliphatic heterocycles. The van der Waals surface area contributed by atoms with Crippen LogP contribution in [0.1, 0.15) is 63.1 Å². The van der Waals surface area contributed by atoms with Gasteiger partial charge in [0.15, 0.2) is 28.4 Å². The van der Waals surface area contributed by atoms with Crippen molar-refractivity contribution in [3.63, 3.8) is 0 Å². The summed E-state index contributed by atoms with van der Waals surface area (Å²) >= 11 is 5.30. The molecule has 1 aliphatic rings. The molecule has 6 aromatic heterocycles. The zero-order chi connectivity index (χ0) is 48.0. The third-order valence-electron chi connectivity index (χ3n) is 11.3. The van der Waals surface area contributed by atoms with Crippen LogP contribution in [0.5, 0.6) is 0 Å². The Morgan fingerprint density at radius 1 is 0.710 bits per heavy atom. The number of halogens is 5. The number of ether oxygens (including phenoxy) is 1. The van der Waals surface area contributed by atoms with Crippen LogP contribution in [0.4, 0.5) is 20.4 Å². The van der Waals surface area contributed by atoms with E-state index in [1.54, 1.807) is 6.33 Å². The number of aromatic nitrogens is 12. The number of H-pyrrole nitrogens is 1. The molecule has 0 spiro atoms. The molecule has 1 fully saturated rings. The van der Waals surface area contributed by atoms with Gasteiger partial charge in [-0.05, 0) is 93.8 Å². The molecule has 10 aromatic rings. The normalized spacial score (nSPS) is 14.5. The van der Waals surface area contributed by atoms with Crippen LogP contribution in [-0.2, 0) is 4.74 Å². The molecule has 3 atom stereocenters. The fourth-order valence-electron chi connectivity index (χ4n) is 8.11. The number of fused-ring (bicyclic) bond motifs is 4. The predicted octanol–water partition coefficient (Wildman–Crippen LogP) is 6.68. The molecule has 0 bridgehead atoms. The number of para-hydroxylation sites is 2. The van der Waals surface area contributed by atoms with Crippen molar-refractivity contribution in [2.24, 2.45) is 0 Å². The second-order valence-corrected chi connectivity index (χ2v) is 31.9. The first-order valence-electron chi connectivity index (χ1n) is 21.5. The molecule has 0 saturated carbocycles. The summed E-state index contributed by atoms with van der Waals surface area (Å²) in [5.41, 5.74) is 3.89. The van der Waals surface area contributed by atoms with Crippen molar-refractivity contribution in [1.82, 2.24) is 58.6 Å². The van der Waals surface area contributed by atoms with Crippen molar-refractivity contribution in [2.45, 2.75) is 51.4 Å². The molecule has 69 heavy (non-hydrogen) atoms. The minimum absolute atomic E-state index is 0.102. The van der Waals surface area contributed by atoms with E-state index in [9.17, 15) is 18.4 Å². The summed E-state index contributed by atoms with van der Waals surface area (Å²) in [6.07, 6.45) is 9.11. The molecule has 22 heteroatoms. The quantitative estimate of drug-likeness (QED) is 0.130. The van der Waals surface area contributed by atoms with Gasteiger partial charge in [-0.1, -0.05) is 36.4 Å². The van der Waals surface area contributed by atoms with Crippen molar-refractivity contribution in [3.8, 4) is 11.4 Å². The first kappa shape index (κ1) is 47.9. The van der Waals surface area contributed by atoms with Gasteiger partial charge in [0.1, 0.15) is 47.7 Å². The topological polar surface area (TPSA) is 201 Å². The van der Waals surface area contributed by atoms with Crippen molar-refractivity contribution in [3.05, 3.63) is 166 Å². The average molecular weight is 1270 g/mol. The molecule has 7 heterocycles. The predicted molar refractivity (Wildman–Crippen MR) is 273 cm³/mol. The number of anilines is 2. The first-order valence-corrected chi connectivity index (χ1v) is 34.1. The van der Waals surface area contributed by atoms with Gasteiger partial charge in [0, 0.05) is 6.61 Å². The van der Waals surface area contributed by atoms with E-state index in [1.165, 1.54) is 64.5 Å². The van der Waals surface area contributed by atoms with Gasteiger partial charge in [-0.3, -0.25) is 23.3 Å². The van der Waals surface area contributed by atoms with Gasteiger partial charge < -0.3 is 20.4 Å². The van der Waals surface area contributed by atoms with Crippen molar-refractivity contribution in [1.29, 1.82) is 0 Å². The number of rotatable bonds is 9. The molecule has 3 N–H and O–H groups in total. The SMILES string of the molecule is C[C@H](Nc1ncnc2c1ncn2C1CCCCO1)c1nc2ccc(F)cc2c(=O)n1-c1ccccc1.C[C@H](Nc1ncnc2nc[nH]c12)c1nc2ccc(F)cc2c(=O)n1-c1ccccc1.I[I-]I. The summed E-state index contributed by atoms with van der Waals surface area (Å²) in [5, 5.41) is 7.08. The Hall–Kier alpha value is -6.13. The summed E-state index contributed by atoms with van der Waals surface area (Å²) in [5.74, 6) is 1.03. The second kappa shape index (κ2) is 21.7. The summed E-state index contributed by atoms with van der Waals surface area (Å²) in [6, 6.07) is 25.5. The second-order valence-electron chi connectivity index (χ2n) is 15.7. The summed E-state index contributed by atoms with van der Waals surface area (Å²) in [6.45, 7) is 4.48. The molecule has 4 aromatic carbocycles. The zero-order valence-corrected chi connectivity index (χ0v) is 43.1. The van der Waals surface area contributed by atoms with Crippen LogP contribution < -0.4 is 35.0 Å². The van der Waals surface area contributed by atoms with E-state index < -0.39 is 23.7 Å². The number of aromatic amines is 1. The Morgan fingerprint density at radius 3 is 1.83 bits per heavy atom. The number of hydrogen-bond acceptors (Lipinski definition) is 13. The summed E-state index contributed by atoms with van der Waals surface area (Å²) in [7, 11) is 0. The Bertz CT molecular complexity index is 3540. The summed E-state index contributed by atoms with van der Waals surface area (Å²) < 4.78 is 38.6. The fourth-order valence-corrected chi connectivity index (χ4v) is 8.11. The van der Waals surface area contributed by atoms with Gasteiger partial charge in [-0.2, -0.15) is 0 Å². The molecule has 0 radical (unpaired) electrons. The molecule has 0 aliphatic carbocycles. The van der Waals surface area contributed by atoms with Crippen molar-refractivity contribution < 1.29 is 26.8 Å². The number of nitrogens with one attached hydrogen (secondary N) is 3. The van der Waals surface area contributed by atoms with E-state index in [1.807, 2.05) is 79.1 Å². The van der Waals surface area contributed by atoms with E-state index in [4.69, 9.17) is 9.72 Å². The van der Waals surface area contributed by atoms with E-state index in [-0.39, 0.29) is 28.1 Å². The number of nitrogens with zero attached hydrogens (tertiary/aromatic N) is 11. The third kappa shape index (κ3) is 10.3. The van der Waals surface area contributed by atoms with Gasteiger partial charge in [-0.15, -0.1) is 0 Å². The molecule has 1 unspecified atom stereocenters. The van der Waals surface area contributed by atoms with E-state index in [0.717, 1.165) is 19.3 Å². The first-order chi connectivity index (χ1) is 33.6.